The molecule has 35 heavy (non-hydrogen) atoms. The molecule has 2 aromatic carbocycles. The minimum atomic E-state index is -4.90. The molecule has 1 unspecified atom stereocenters. The molecule has 0 amide bonds. The molecule has 3 aromatic rings. The van der Waals surface area contributed by atoms with E-state index in [4.69, 9.17) is 4.74 Å². The first kappa shape index (κ1) is 24.1. The second-order valence-corrected chi connectivity index (χ2v) is 9.10. The molecule has 5 rings (SSSR count). The van der Waals surface area contributed by atoms with Crippen LogP contribution in [0.4, 0.5) is 26.3 Å². The molecule has 0 aliphatic carbocycles. The summed E-state index contributed by atoms with van der Waals surface area (Å²) in [6.07, 6.45) is -7.77. The molecular weight excluding hydrogens is 470 g/mol. The van der Waals surface area contributed by atoms with Crippen molar-refractivity contribution in [3.8, 4) is 0 Å². The number of pyridine rings is 1. The maximum Gasteiger partial charge on any atom is 0.433 e. The smallest absolute Gasteiger partial charge is 0.349 e. The fourth-order valence-electron chi connectivity index (χ4n) is 5.30. The molecule has 3 heterocycles. The van der Waals surface area contributed by atoms with Crippen LogP contribution >= 0.6 is 0 Å². The number of nitrogens with zero attached hydrogens (tertiary/aromatic N) is 2. The Morgan fingerprint density at radius 1 is 0.971 bits per heavy atom. The Morgan fingerprint density at radius 3 is 2.46 bits per heavy atom. The lowest BCUT2D eigenvalue weighted by molar-refractivity contribution is -0.142. The molecule has 0 spiro atoms. The summed E-state index contributed by atoms with van der Waals surface area (Å²) in [7, 11) is 0. The first-order chi connectivity index (χ1) is 16.6. The second kappa shape index (κ2) is 8.78. The van der Waals surface area contributed by atoms with Crippen molar-refractivity contribution in [1.82, 2.24) is 9.88 Å². The molecule has 0 N–H and O–H groups in total. The highest BCUT2D eigenvalue weighted by atomic mass is 19.4. The number of alkyl halides is 6. The van der Waals surface area contributed by atoms with Gasteiger partial charge in [0, 0.05) is 18.0 Å². The number of halogens is 6. The fourth-order valence-corrected chi connectivity index (χ4v) is 5.30. The van der Waals surface area contributed by atoms with E-state index in [-0.39, 0.29) is 17.0 Å². The second-order valence-electron chi connectivity index (χ2n) is 9.10. The summed E-state index contributed by atoms with van der Waals surface area (Å²) in [6.45, 7) is 2.73. The van der Waals surface area contributed by atoms with E-state index in [2.05, 4.69) is 9.88 Å². The van der Waals surface area contributed by atoms with E-state index >= 15 is 0 Å². The number of fused-ring (bicyclic) bond motifs is 2. The van der Waals surface area contributed by atoms with E-state index in [1.807, 2.05) is 31.2 Å². The number of hydrogen-bond donors (Lipinski definition) is 0. The third-order valence-corrected chi connectivity index (χ3v) is 6.94. The van der Waals surface area contributed by atoms with Gasteiger partial charge in [-0.05, 0) is 48.1 Å². The van der Waals surface area contributed by atoms with Crippen LogP contribution in [0, 0.1) is 0 Å². The summed E-state index contributed by atoms with van der Waals surface area (Å²) in [5.41, 5.74) is -1.14. The summed E-state index contributed by atoms with van der Waals surface area (Å²) in [4.78, 5) is 5.57. The number of piperidine rings is 1. The van der Waals surface area contributed by atoms with Gasteiger partial charge in [-0.25, -0.2) is 4.98 Å². The van der Waals surface area contributed by atoms with Crippen LogP contribution in [0.15, 0.2) is 48.5 Å². The quantitative estimate of drug-likeness (QED) is 0.354. The first-order valence-electron chi connectivity index (χ1n) is 11.7. The van der Waals surface area contributed by atoms with Crippen LogP contribution < -0.4 is 0 Å². The zero-order valence-electron chi connectivity index (χ0n) is 19.0. The molecule has 186 valence electrons. The van der Waals surface area contributed by atoms with Gasteiger partial charge in [0.15, 0.2) is 0 Å². The Kier molecular flexibility index (Phi) is 6.04. The third-order valence-electron chi connectivity index (χ3n) is 6.94. The molecule has 0 bridgehead atoms. The number of benzene rings is 2. The van der Waals surface area contributed by atoms with Gasteiger partial charge in [0.1, 0.15) is 18.0 Å². The average molecular weight is 494 g/mol. The Hall–Kier alpha value is -2.65. The van der Waals surface area contributed by atoms with Crippen LogP contribution in [-0.2, 0) is 23.5 Å². The van der Waals surface area contributed by atoms with Crippen LogP contribution in [-0.4, -0.2) is 22.5 Å². The van der Waals surface area contributed by atoms with Gasteiger partial charge in [0.05, 0.1) is 11.1 Å². The van der Waals surface area contributed by atoms with Crippen LogP contribution in [0.5, 0.6) is 0 Å². The molecule has 2 aliphatic rings. The predicted molar refractivity (Wildman–Crippen MR) is 118 cm³/mol. The molecule has 1 aromatic heterocycles. The lowest BCUT2D eigenvalue weighted by Crippen LogP contribution is -2.38. The van der Waals surface area contributed by atoms with Crippen molar-refractivity contribution in [3.63, 3.8) is 0 Å². The number of rotatable bonds is 3. The van der Waals surface area contributed by atoms with E-state index < -0.39 is 41.5 Å². The van der Waals surface area contributed by atoms with Crippen molar-refractivity contribution in [2.75, 3.05) is 6.54 Å². The number of aromatic nitrogens is 1. The SMILES string of the molecule is CCc1cccc(C2O[C@@H](c3cc(C(F)(F)F)nc4c(C(F)(F)F)cccc34)[C@H]3CCCCN23)c1. The van der Waals surface area contributed by atoms with E-state index in [1.165, 1.54) is 12.1 Å². The van der Waals surface area contributed by atoms with E-state index in [0.29, 0.717) is 13.0 Å². The van der Waals surface area contributed by atoms with Gasteiger partial charge in [-0.3, -0.25) is 4.90 Å². The topological polar surface area (TPSA) is 25.4 Å². The average Bonchev–Trinajstić information content (AvgIpc) is 3.21. The van der Waals surface area contributed by atoms with Gasteiger partial charge in [-0.1, -0.05) is 49.7 Å². The highest BCUT2D eigenvalue weighted by Crippen LogP contribution is 2.49. The Morgan fingerprint density at radius 2 is 1.74 bits per heavy atom. The fraction of sp³-hybridized carbons (Fsp3) is 0.423. The van der Waals surface area contributed by atoms with Gasteiger partial charge in [-0.15, -0.1) is 0 Å². The van der Waals surface area contributed by atoms with Crippen molar-refractivity contribution in [3.05, 3.63) is 76.5 Å². The zero-order chi connectivity index (χ0) is 25.0. The van der Waals surface area contributed by atoms with Crippen molar-refractivity contribution < 1.29 is 31.1 Å². The highest BCUT2D eigenvalue weighted by molar-refractivity contribution is 5.86. The van der Waals surface area contributed by atoms with Crippen LogP contribution in [0.25, 0.3) is 10.9 Å². The molecule has 2 aliphatic heterocycles. The van der Waals surface area contributed by atoms with E-state index in [1.54, 1.807) is 0 Å². The maximum atomic E-state index is 13.8. The maximum absolute atomic E-state index is 13.8. The van der Waals surface area contributed by atoms with Gasteiger partial charge in [0.25, 0.3) is 0 Å². The molecule has 2 saturated heterocycles. The normalized spacial score (nSPS) is 23.6. The Balaban J connectivity index is 1.68. The number of hydrogen-bond acceptors (Lipinski definition) is 3. The highest BCUT2D eigenvalue weighted by Gasteiger charge is 2.46. The Labute approximate surface area is 198 Å². The summed E-state index contributed by atoms with van der Waals surface area (Å²) in [5, 5.41) is 0.0336. The number of aryl methyl sites for hydroxylation is 1. The van der Waals surface area contributed by atoms with Gasteiger partial charge >= 0.3 is 12.4 Å². The molecule has 3 nitrogen and oxygen atoms in total. The van der Waals surface area contributed by atoms with E-state index in [0.717, 1.165) is 42.5 Å². The minimum Gasteiger partial charge on any atom is -0.349 e. The molecule has 2 fully saturated rings. The van der Waals surface area contributed by atoms with Gasteiger partial charge in [-0.2, -0.15) is 26.3 Å². The number of ether oxygens (including phenoxy) is 1. The van der Waals surface area contributed by atoms with Crippen LogP contribution in [0.1, 0.15) is 66.5 Å². The van der Waals surface area contributed by atoms with Crippen LogP contribution in [0.2, 0.25) is 0 Å². The van der Waals surface area contributed by atoms with Crippen LogP contribution in [0.3, 0.4) is 0 Å². The van der Waals surface area contributed by atoms with Gasteiger partial charge < -0.3 is 4.74 Å². The third kappa shape index (κ3) is 4.40. The molecule has 3 atom stereocenters. The molecule has 0 radical (unpaired) electrons. The minimum absolute atomic E-state index is 0.0336. The van der Waals surface area contributed by atoms with E-state index in [9.17, 15) is 26.3 Å². The first-order valence-corrected chi connectivity index (χ1v) is 11.7. The zero-order valence-corrected chi connectivity index (χ0v) is 19.0. The molecule has 9 heteroatoms. The predicted octanol–water partition coefficient (Wildman–Crippen LogP) is 7.46. The van der Waals surface area contributed by atoms with Crippen molar-refractivity contribution >= 4 is 10.9 Å². The largest absolute Gasteiger partial charge is 0.433 e. The molecular formula is C26H24F6N2O. The lowest BCUT2D eigenvalue weighted by Gasteiger charge is -2.33. The molecule has 0 saturated carbocycles. The summed E-state index contributed by atoms with van der Waals surface area (Å²) >= 11 is 0. The monoisotopic (exact) mass is 494 g/mol. The van der Waals surface area contributed by atoms with Crippen molar-refractivity contribution in [2.24, 2.45) is 0 Å². The Bertz CT molecular complexity index is 1240. The van der Waals surface area contributed by atoms with Crippen molar-refractivity contribution in [1.29, 1.82) is 0 Å². The standard InChI is InChI=1S/C26H24F6N2O/c1-2-15-7-5-8-16(13-15)24-34-12-4-3-11-20(34)23(35-24)18-14-21(26(30,31)32)33-22-17(18)9-6-10-19(22)25(27,28)29/h5-10,13-14,20,23-24H,2-4,11-12H2,1H3/t20-,23+,24?/m1/s1. The summed E-state index contributed by atoms with van der Waals surface area (Å²) in [6, 6.07) is 11.8. The summed E-state index contributed by atoms with van der Waals surface area (Å²) < 4.78 is 88.9. The summed E-state index contributed by atoms with van der Waals surface area (Å²) in [5.74, 6) is 0. The lowest BCUT2D eigenvalue weighted by atomic mass is 9.91. The number of para-hydroxylation sites is 1. The van der Waals surface area contributed by atoms with Gasteiger partial charge in [0.2, 0.25) is 0 Å². The van der Waals surface area contributed by atoms with Crippen molar-refractivity contribution in [2.45, 2.75) is 63.3 Å².